The molecule has 1 aliphatic carbocycles. The summed E-state index contributed by atoms with van der Waals surface area (Å²) in [5.74, 6) is -0.778. The maximum absolute atomic E-state index is 11.7. The molecule has 0 N–H and O–H groups in total. The molecule has 5 heteroatoms. The fourth-order valence-corrected chi connectivity index (χ4v) is 2.31. The third-order valence-electron chi connectivity index (χ3n) is 3.14. The number of carbonyl (C=O) groups is 2. The van der Waals surface area contributed by atoms with Crippen LogP contribution in [0.5, 0.6) is 0 Å². The lowest BCUT2D eigenvalue weighted by atomic mass is 10.1. The number of ketones is 1. The molecule has 96 valence electrons. The van der Waals surface area contributed by atoms with Gasteiger partial charge < -0.3 is 4.74 Å². The van der Waals surface area contributed by atoms with Crippen molar-refractivity contribution >= 4 is 35.0 Å². The van der Waals surface area contributed by atoms with E-state index in [9.17, 15) is 9.59 Å². The summed E-state index contributed by atoms with van der Waals surface area (Å²) in [5.41, 5.74) is -0.387. The summed E-state index contributed by atoms with van der Waals surface area (Å²) in [5, 5.41) is 0. The Labute approximate surface area is 115 Å². The fourth-order valence-electron chi connectivity index (χ4n) is 1.62. The summed E-state index contributed by atoms with van der Waals surface area (Å²) in [7, 11) is 0. The van der Waals surface area contributed by atoms with Gasteiger partial charge >= 0.3 is 5.97 Å². The predicted octanol–water partition coefficient (Wildman–Crippen LogP) is 3.00. The number of ether oxygens (including phenoxy) is 1. The quantitative estimate of drug-likeness (QED) is 0.486. The summed E-state index contributed by atoms with van der Waals surface area (Å²) in [4.78, 5) is 23.4. The molecule has 1 aromatic rings. The van der Waals surface area contributed by atoms with Gasteiger partial charge in [0.1, 0.15) is 9.75 Å². The van der Waals surface area contributed by atoms with Gasteiger partial charge in [-0.3, -0.25) is 9.59 Å². The number of alkyl halides is 2. The lowest BCUT2D eigenvalue weighted by Crippen LogP contribution is -2.24. The first-order chi connectivity index (χ1) is 8.37. The smallest absolute Gasteiger partial charge is 0.315 e. The SMILES string of the molecule is C[C@]1(C(=O)OCC(=O)c2ccccc2)CC1(Cl)Cl. The van der Waals surface area contributed by atoms with Crippen LogP contribution < -0.4 is 0 Å². The first-order valence-electron chi connectivity index (χ1n) is 5.50. The molecular formula is C13H12Cl2O3. The molecule has 0 bridgehead atoms. The molecular weight excluding hydrogens is 275 g/mol. The number of rotatable bonds is 4. The number of esters is 1. The van der Waals surface area contributed by atoms with Crippen LogP contribution in [0.25, 0.3) is 0 Å². The maximum Gasteiger partial charge on any atom is 0.315 e. The van der Waals surface area contributed by atoms with Gasteiger partial charge in [-0.05, 0) is 6.92 Å². The van der Waals surface area contributed by atoms with Gasteiger partial charge in [0.05, 0.1) is 0 Å². The van der Waals surface area contributed by atoms with Crippen molar-refractivity contribution in [3.05, 3.63) is 35.9 Å². The Morgan fingerprint density at radius 2 is 1.83 bits per heavy atom. The van der Waals surface area contributed by atoms with Crippen molar-refractivity contribution in [3.8, 4) is 0 Å². The zero-order chi connectivity index (χ0) is 13.4. The van der Waals surface area contributed by atoms with Gasteiger partial charge in [0.25, 0.3) is 0 Å². The average Bonchev–Trinajstić information content (AvgIpc) is 2.87. The number of Topliss-reactive ketones (excluding diaryl/α,β-unsaturated/α-hetero) is 1. The highest BCUT2D eigenvalue weighted by molar-refractivity contribution is 6.53. The summed E-state index contributed by atoms with van der Waals surface area (Å²) in [6.07, 6.45) is 0.349. The molecule has 0 aliphatic heterocycles. The van der Waals surface area contributed by atoms with Crippen LogP contribution in [0.2, 0.25) is 0 Å². The Bertz CT molecular complexity index is 484. The molecule has 1 aliphatic rings. The third-order valence-corrected chi connectivity index (χ3v) is 4.24. The molecule has 1 fully saturated rings. The van der Waals surface area contributed by atoms with Gasteiger partial charge in [0.2, 0.25) is 0 Å². The number of hydrogen-bond acceptors (Lipinski definition) is 3. The van der Waals surface area contributed by atoms with Crippen LogP contribution in [0.1, 0.15) is 23.7 Å². The van der Waals surface area contributed by atoms with Crippen molar-refractivity contribution in [3.63, 3.8) is 0 Å². The molecule has 0 unspecified atom stereocenters. The average molecular weight is 287 g/mol. The van der Waals surface area contributed by atoms with E-state index >= 15 is 0 Å². The first-order valence-corrected chi connectivity index (χ1v) is 6.26. The minimum atomic E-state index is -1.07. The van der Waals surface area contributed by atoms with E-state index in [0.717, 1.165) is 0 Å². The van der Waals surface area contributed by atoms with Crippen molar-refractivity contribution in [2.75, 3.05) is 6.61 Å². The maximum atomic E-state index is 11.7. The zero-order valence-electron chi connectivity index (χ0n) is 9.78. The second-order valence-corrected chi connectivity index (χ2v) is 6.06. The van der Waals surface area contributed by atoms with Gasteiger partial charge in [0, 0.05) is 12.0 Å². The highest BCUT2D eigenvalue weighted by Gasteiger charge is 2.69. The zero-order valence-corrected chi connectivity index (χ0v) is 11.3. The van der Waals surface area contributed by atoms with E-state index in [2.05, 4.69) is 0 Å². The molecule has 2 rings (SSSR count). The van der Waals surface area contributed by atoms with Crippen LogP contribution in [0.3, 0.4) is 0 Å². The molecule has 1 aromatic carbocycles. The van der Waals surface area contributed by atoms with Crippen LogP contribution in [-0.2, 0) is 9.53 Å². The number of halogens is 2. The standard InChI is InChI=1S/C13H12Cl2O3/c1-12(8-13(12,14)15)11(17)18-7-10(16)9-5-3-2-4-6-9/h2-6H,7-8H2,1H3/t12-/m1/s1. The normalized spacial score (nSPS) is 24.4. The van der Waals surface area contributed by atoms with Gasteiger partial charge in [-0.15, -0.1) is 23.2 Å². The lowest BCUT2D eigenvalue weighted by molar-refractivity contribution is -0.148. The van der Waals surface area contributed by atoms with E-state index in [1.807, 2.05) is 6.07 Å². The second-order valence-electron chi connectivity index (χ2n) is 4.58. The van der Waals surface area contributed by atoms with Crippen LogP contribution in [-0.4, -0.2) is 22.7 Å². The van der Waals surface area contributed by atoms with Gasteiger partial charge in [-0.25, -0.2) is 0 Å². The van der Waals surface area contributed by atoms with E-state index in [0.29, 0.717) is 12.0 Å². The van der Waals surface area contributed by atoms with Crippen molar-refractivity contribution < 1.29 is 14.3 Å². The molecule has 1 saturated carbocycles. The molecule has 1 atom stereocenters. The molecule has 0 radical (unpaired) electrons. The number of carbonyl (C=O) groups excluding carboxylic acids is 2. The van der Waals surface area contributed by atoms with E-state index < -0.39 is 15.7 Å². The van der Waals surface area contributed by atoms with Gasteiger partial charge in [-0.2, -0.15) is 0 Å². The Balaban J connectivity index is 1.90. The van der Waals surface area contributed by atoms with Crippen LogP contribution in [0.15, 0.2) is 30.3 Å². The molecule has 0 saturated heterocycles. The molecule has 0 heterocycles. The Morgan fingerprint density at radius 1 is 1.28 bits per heavy atom. The Kier molecular flexibility index (Phi) is 3.39. The highest BCUT2D eigenvalue weighted by Crippen LogP contribution is 2.64. The third kappa shape index (κ3) is 2.38. The van der Waals surface area contributed by atoms with Crippen LogP contribution in [0.4, 0.5) is 0 Å². The minimum Gasteiger partial charge on any atom is -0.457 e. The summed E-state index contributed by atoms with van der Waals surface area (Å²) in [6.45, 7) is 1.34. The predicted molar refractivity (Wildman–Crippen MR) is 68.9 cm³/mol. The highest BCUT2D eigenvalue weighted by atomic mass is 35.5. The van der Waals surface area contributed by atoms with Crippen molar-refractivity contribution in [1.29, 1.82) is 0 Å². The molecule has 3 nitrogen and oxygen atoms in total. The minimum absolute atomic E-state index is 0.247. The van der Waals surface area contributed by atoms with E-state index in [1.165, 1.54) is 0 Å². The van der Waals surface area contributed by atoms with Crippen molar-refractivity contribution in [2.45, 2.75) is 17.7 Å². The fraction of sp³-hybridized carbons (Fsp3) is 0.385. The summed E-state index contributed by atoms with van der Waals surface area (Å²) >= 11 is 11.7. The number of benzene rings is 1. The largest absolute Gasteiger partial charge is 0.457 e. The lowest BCUT2D eigenvalue weighted by Gasteiger charge is -2.11. The van der Waals surface area contributed by atoms with Gasteiger partial charge in [0.15, 0.2) is 12.4 Å². The molecule has 0 spiro atoms. The van der Waals surface area contributed by atoms with Gasteiger partial charge in [-0.1, -0.05) is 30.3 Å². The molecule has 0 amide bonds. The first kappa shape index (κ1) is 13.4. The van der Waals surface area contributed by atoms with Crippen LogP contribution >= 0.6 is 23.2 Å². The molecule has 18 heavy (non-hydrogen) atoms. The monoisotopic (exact) mass is 286 g/mol. The number of hydrogen-bond donors (Lipinski definition) is 0. The molecule has 0 aromatic heterocycles. The Morgan fingerprint density at radius 3 is 2.33 bits per heavy atom. The second kappa shape index (κ2) is 4.56. The topological polar surface area (TPSA) is 43.4 Å². The Hall–Kier alpha value is -1.06. The van der Waals surface area contributed by atoms with E-state index in [4.69, 9.17) is 27.9 Å². The van der Waals surface area contributed by atoms with E-state index in [-0.39, 0.29) is 12.4 Å². The summed E-state index contributed by atoms with van der Waals surface area (Å²) in [6, 6.07) is 8.65. The van der Waals surface area contributed by atoms with Crippen molar-refractivity contribution in [2.24, 2.45) is 5.41 Å². The van der Waals surface area contributed by atoms with Crippen molar-refractivity contribution in [1.82, 2.24) is 0 Å². The summed E-state index contributed by atoms with van der Waals surface area (Å²) < 4.78 is 3.89. The van der Waals surface area contributed by atoms with Crippen LogP contribution in [0, 0.1) is 5.41 Å². The van der Waals surface area contributed by atoms with E-state index in [1.54, 1.807) is 31.2 Å².